The topological polar surface area (TPSA) is 28.2 Å². The summed E-state index contributed by atoms with van der Waals surface area (Å²) in [7, 11) is 0. The van der Waals surface area contributed by atoms with Gasteiger partial charge in [-0.05, 0) is 31.0 Å². The summed E-state index contributed by atoms with van der Waals surface area (Å²) in [5, 5.41) is 4.84. The van der Waals surface area contributed by atoms with Crippen molar-refractivity contribution >= 4 is 16.7 Å². The number of aromatic nitrogens is 1. The van der Waals surface area contributed by atoms with Gasteiger partial charge >= 0.3 is 0 Å². The Bertz CT molecular complexity index is 623. The normalized spacial score (nSPS) is 21.8. The van der Waals surface area contributed by atoms with Gasteiger partial charge in [-0.15, -0.1) is 0 Å². The lowest BCUT2D eigenvalue weighted by Gasteiger charge is -2.50. The average molecular weight is 281 g/mol. The highest BCUT2D eigenvalue weighted by Gasteiger charge is 2.40. The lowest BCUT2D eigenvalue weighted by molar-refractivity contribution is 0.240. The summed E-state index contributed by atoms with van der Waals surface area (Å²) in [6.07, 6.45) is 6.70. The number of nitrogens with one attached hydrogen (secondary N) is 1. The number of hydrogen-bond acceptors (Lipinski definition) is 3. The van der Waals surface area contributed by atoms with Gasteiger partial charge in [-0.2, -0.15) is 0 Å². The van der Waals surface area contributed by atoms with E-state index in [4.69, 9.17) is 4.98 Å². The van der Waals surface area contributed by atoms with Crippen molar-refractivity contribution in [2.24, 2.45) is 0 Å². The number of anilines is 1. The molecule has 1 spiro atoms. The fourth-order valence-electron chi connectivity index (χ4n) is 4.06. The molecule has 3 heteroatoms. The molecule has 1 N–H and O–H groups in total. The van der Waals surface area contributed by atoms with Crippen LogP contribution >= 0.6 is 0 Å². The van der Waals surface area contributed by atoms with Gasteiger partial charge in [-0.3, -0.25) is 0 Å². The first kappa shape index (κ1) is 13.1. The maximum absolute atomic E-state index is 4.95. The summed E-state index contributed by atoms with van der Waals surface area (Å²) in [5.41, 5.74) is 1.41. The van der Waals surface area contributed by atoms with Crippen LogP contribution in [0.3, 0.4) is 0 Å². The molecule has 2 fully saturated rings. The smallest absolute Gasteiger partial charge is 0.129 e. The van der Waals surface area contributed by atoms with Crippen molar-refractivity contribution in [1.29, 1.82) is 0 Å². The molecular weight excluding hydrogens is 258 g/mol. The van der Waals surface area contributed by atoms with E-state index in [0.29, 0.717) is 5.54 Å². The maximum atomic E-state index is 4.95. The standard InChI is InChI=1S/C18H23N3/c1-4-10-18(11-5-1)14-19-12-13-21(18)17-9-8-15-6-2-3-7-16(15)20-17/h2-3,6-9,19H,1,4-5,10-14H2. The Hall–Kier alpha value is -1.61. The molecule has 0 bridgehead atoms. The molecule has 2 aliphatic rings. The summed E-state index contributed by atoms with van der Waals surface area (Å²) in [5.74, 6) is 1.16. The van der Waals surface area contributed by atoms with Gasteiger partial charge in [0.2, 0.25) is 0 Å². The van der Waals surface area contributed by atoms with Gasteiger partial charge in [0.1, 0.15) is 5.82 Å². The predicted molar refractivity (Wildman–Crippen MR) is 87.8 cm³/mol. The monoisotopic (exact) mass is 281 g/mol. The van der Waals surface area contributed by atoms with Crippen LogP contribution in [0, 0.1) is 0 Å². The van der Waals surface area contributed by atoms with Gasteiger partial charge in [0.15, 0.2) is 0 Å². The Morgan fingerprint density at radius 2 is 1.86 bits per heavy atom. The molecule has 1 aromatic heterocycles. The van der Waals surface area contributed by atoms with Crippen LogP contribution in [0.2, 0.25) is 0 Å². The number of fused-ring (bicyclic) bond motifs is 1. The van der Waals surface area contributed by atoms with E-state index in [1.54, 1.807) is 0 Å². The number of hydrogen-bond donors (Lipinski definition) is 1. The Morgan fingerprint density at radius 1 is 1.00 bits per heavy atom. The minimum atomic E-state index is 0.298. The summed E-state index contributed by atoms with van der Waals surface area (Å²) >= 11 is 0. The van der Waals surface area contributed by atoms with E-state index < -0.39 is 0 Å². The zero-order valence-corrected chi connectivity index (χ0v) is 12.5. The van der Waals surface area contributed by atoms with E-state index in [1.165, 1.54) is 37.5 Å². The molecule has 2 heterocycles. The molecule has 1 saturated heterocycles. The van der Waals surface area contributed by atoms with Crippen molar-refractivity contribution in [2.75, 3.05) is 24.5 Å². The van der Waals surface area contributed by atoms with Gasteiger partial charge in [0.25, 0.3) is 0 Å². The predicted octanol–water partition coefficient (Wildman–Crippen LogP) is 3.35. The summed E-state index contributed by atoms with van der Waals surface area (Å²) in [6.45, 7) is 3.25. The zero-order chi connectivity index (χ0) is 14.1. The number of para-hydroxylation sites is 1. The van der Waals surface area contributed by atoms with Crippen molar-refractivity contribution < 1.29 is 0 Å². The SMILES string of the molecule is c1ccc2nc(N3CCNCC34CCCCC4)ccc2c1. The highest BCUT2D eigenvalue weighted by molar-refractivity contribution is 5.80. The number of pyridine rings is 1. The number of piperazine rings is 1. The van der Waals surface area contributed by atoms with Crippen LogP contribution < -0.4 is 10.2 Å². The zero-order valence-electron chi connectivity index (χ0n) is 12.5. The molecule has 2 aromatic rings. The van der Waals surface area contributed by atoms with E-state index in [9.17, 15) is 0 Å². The molecule has 0 amide bonds. The first-order valence-electron chi connectivity index (χ1n) is 8.22. The molecule has 1 aliphatic heterocycles. The Kier molecular flexibility index (Phi) is 3.30. The molecule has 3 nitrogen and oxygen atoms in total. The minimum Gasteiger partial charge on any atom is -0.348 e. The Morgan fingerprint density at radius 3 is 2.76 bits per heavy atom. The quantitative estimate of drug-likeness (QED) is 0.869. The van der Waals surface area contributed by atoms with Crippen LogP contribution in [-0.2, 0) is 0 Å². The fourth-order valence-corrected chi connectivity index (χ4v) is 4.06. The maximum Gasteiger partial charge on any atom is 0.129 e. The van der Waals surface area contributed by atoms with Gasteiger partial charge in [-0.1, -0.05) is 37.5 Å². The van der Waals surface area contributed by atoms with E-state index in [0.717, 1.165) is 31.0 Å². The fraction of sp³-hybridized carbons (Fsp3) is 0.500. The number of rotatable bonds is 1. The van der Waals surface area contributed by atoms with Crippen molar-refractivity contribution in [1.82, 2.24) is 10.3 Å². The van der Waals surface area contributed by atoms with Crippen LogP contribution in [0.15, 0.2) is 36.4 Å². The molecule has 0 radical (unpaired) electrons. The summed E-state index contributed by atoms with van der Waals surface area (Å²) in [4.78, 5) is 7.54. The van der Waals surface area contributed by atoms with Gasteiger partial charge < -0.3 is 10.2 Å². The molecule has 1 aromatic carbocycles. The highest BCUT2D eigenvalue weighted by atomic mass is 15.3. The molecule has 4 rings (SSSR count). The second-order valence-corrected chi connectivity index (χ2v) is 6.48. The van der Waals surface area contributed by atoms with Crippen LogP contribution in [0.5, 0.6) is 0 Å². The lowest BCUT2D eigenvalue weighted by atomic mass is 9.79. The van der Waals surface area contributed by atoms with Crippen molar-refractivity contribution in [3.05, 3.63) is 36.4 Å². The third-order valence-electron chi connectivity index (χ3n) is 5.18. The van der Waals surface area contributed by atoms with Crippen LogP contribution in [-0.4, -0.2) is 30.2 Å². The average Bonchev–Trinajstić information content (AvgIpc) is 2.56. The van der Waals surface area contributed by atoms with Gasteiger partial charge in [-0.25, -0.2) is 4.98 Å². The van der Waals surface area contributed by atoms with Crippen LogP contribution in [0.4, 0.5) is 5.82 Å². The first-order chi connectivity index (χ1) is 10.4. The van der Waals surface area contributed by atoms with E-state index >= 15 is 0 Å². The Labute approximate surface area is 126 Å². The lowest BCUT2D eigenvalue weighted by Crippen LogP contribution is -2.62. The molecule has 110 valence electrons. The van der Waals surface area contributed by atoms with Gasteiger partial charge in [0, 0.05) is 25.0 Å². The van der Waals surface area contributed by atoms with Crippen molar-refractivity contribution in [3.8, 4) is 0 Å². The summed E-state index contributed by atoms with van der Waals surface area (Å²) < 4.78 is 0. The summed E-state index contributed by atoms with van der Waals surface area (Å²) in [6, 6.07) is 12.8. The van der Waals surface area contributed by atoms with Crippen molar-refractivity contribution in [2.45, 2.75) is 37.6 Å². The molecule has 1 aliphatic carbocycles. The third-order valence-corrected chi connectivity index (χ3v) is 5.18. The van der Waals surface area contributed by atoms with Crippen LogP contribution in [0.1, 0.15) is 32.1 Å². The number of nitrogens with zero attached hydrogens (tertiary/aromatic N) is 2. The van der Waals surface area contributed by atoms with Crippen molar-refractivity contribution in [3.63, 3.8) is 0 Å². The first-order valence-corrected chi connectivity index (χ1v) is 8.22. The van der Waals surface area contributed by atoms with E-state index in [2.05, 4.69) is 46.6 Å². The second-order valence-electron chi connectivity index (χ2n) is 6.48. The molecule has 0 unspecified atom stereocenters. The van der Waals surface area contributed by atoms with Crippen LogP contribution in [0.25, 0.3) is 10.9 Å². The minimum absolute atomic E-state index is 0.298. The van der Waals surface area contributed by atoms with Gasteiger partial charge in [0.05, 0.1) is 11.1 Å². The highest BCUT2D eigenvalue weighted by Crippen LogP contribution is 2.37. The third kappa shape index (κ3) is 2.30. The molecule has 1 saturated carbocycles. The second kappa shape index (κ2) is 5.30. The molecular formula is C18H23N3. The largest absolute Gasteiger partial charge is 0.348 e. The van der Waals surface area contributed by atoms with E-state index in [-0.39, 0.29) is 0 Å². The number of benzene rings is 1. The van der Waals surface area contributed by atoms with E-state index in [1.807, 2.05) is 0 Å². The molecule has 21 heavy (non-hydrogen) atoms. The molecule has 0 atom stereocenters. The Balaban J connectivity index is 1.74.